The minimum Gasteiger partial charge on any atom is -0.465 e. The van der Waals surface area contributed by atoms with Gasteiger partial charge in [-0.05, 0) is 12.1 Å². The van der Waals surface area contributed by atoms with Gasteiger partial charge in [-0.1, -0.05) is 12.1 Å². The van der Waals surface area contributed by atoms with Gasteiger partial charge < -0.3 is 4.74 Å². The lowest BCUT2D eigenvalue weighted by atomic mass is 10.2. The molecule has 0 aliphatic carbocycles. The van der Waals surface area contributed by atoms with Gasteiger partial charge in [0.05, 0.1) is 23.6 Å². The molecule has 0 saturated heterocycles. The fourth-order valence-corrected chi connectivity index (χ4v) is 2.52. The topological polar surface area (TPSA) is 96.3 Å². The molecule has 0 atom stereocenters. The van der Waals surface area contributed by atoms with Crippen LogP contribution >= 0.6 is 0 Å². The number of nitrogens with one attached hydrogen (secondary N) is 1. The Bertz CT molecular complexity index is 575. The number of carbonyl (C=O) groups is 1. The molecular formula is C11H12N2O4S. The summed E-state index contributed by atoms with van der Waals surface area (Å²) in [5.74, 6) is -0.726. The molecule has 0 saturated carbocycles. The lowest BCUT2D eigenvalue weighted by molar-refractivity contribution is 0.0596. The third-order valence-corrected chi connectivity index (χ3v) is 3.63. The number of ether oxygens (including phenoxy) is 1. The van der Waals surface area contributed by atoms with Crippen LogP contribution < -0.4 is 4.72 Å². The molecule has 0 spiro atoms. The summed E-state index contributed by atoms with van der Waals surface area (Å²) in [4.78, 5) is 11.3. The van der Waals surface area contributed by atoms with E-state index in [2.05, 4.69) is 9.46 Å². The Morgan fingerprint density at radius 2 is 2.11 bits per heavy atom. The predicted molar refractivity (Wildman–Crippen MR) is 63.2 cm³/mol. The van der Waals surface area contributed by atoms with E-state index in [1.165, 1.54) is 25.3 Å². The van der Waals surface area contributed by atoms with Gasteiger partial charge in [0.15, 0.2) is 0 Å². The highest BCUT2D eigenvalue weighted by Crippen LogP contribution is 2.16. The number of esters is 1. The summed E-state index contributed by atoms with van der Waals surface area (Å²) in [5.41, 5.74) is -0.0375. The van der Waals surface area contributed by atoms with E-state index in [0.29, 0.717) is 0 Å². The Kier molecular flexibility index (Phi) is 4.83. The number of hydrogen-bond acceptors (Lipinski definition) is 5. The molecule has 0 fully saturated rings. The minimum absolute atomic E-state index is 0.00561. The van der Waals surface area contributed by atoms with Crippen molar-refractivity contribution in [3.63, 3.8) is 0 Å². The van der Waals surface area contributed by atoms with Gasteiger partial charge in [0, 0.05) is 13.0 Å². The summed E-state index contributed by atoms with van der Waals surface area (Å²) >= 11 is 0. The molecule has 0 aliphatic heterocycles. The van der Waals surface area contributed by atoms with Crippen molar-refractivity contribution in [2.75, 3.05) is 13.7 Å². The van der Waals surface area contributed by atoms with Crippen molar-refractivity contribution < 1.29 is 17.9 Å². The number of methoxy groups -OCH3 is 1. The van der Waals surface area contributed by atoms with Gasteiger partial charge in [0.25, 0.3) is 0 Å². The lowest BCUT2D eigenvalue weighted by Gasteiger charge is -2.09. The zero-order valence-electron chi connectivity index (χ0n) is 9.71. The molecule has 18 heavy (non-hydrogen) atoms. The van der Waals surface area contributed by atoms with Crippen LogP contribution in [-0.4, -0.2) is 28.0 Å². The first-order chi connectivity index (χ1) is 8.53. The van der Waals surface area contributed by atoms with E-state index >= 15 is 0 Å². The van der Waals surface area contributed by atoms with E-state index in [9.17, 15) is 13.2 Å². The summed E-state index contributed by atoms with van der Waals surface area (Å²) in [6, 6.07) is 7.54. The van der Waals surface area contributed by atoms with E-state index in [1.54, 1.807) is 6.07 Å². The normalized spacial score (nSPS) is 10.7. The molecule has 1 rings (SSSR count). The predicted octanol–water partition coefficient (Wildman–Crippen LogP) is 0.665. The molecule has 1 aromatic rings. The van der Waals surface area contributed by atoms with Crippen molar-refractivity contribution in [2.45, 2.75) is 11.3 Å². The highest BCUT2D eigenvalue weighted by atomic mass is 32.2. The average molecular weight is 268 g/mol. The average Bonchev–Trinajstić information content (AvgIpc) is 2.38. The second-order valence-electron chi connectivity index (χ2n) is 3.29. The van der Waals surface area contributed by atoms with Crippen molar-refractivity contribution in [3.05, 3.63) is 29.8 Å². The van der Waals surface area contributed by atoms with Crippen LogP contribution in [0.3, 0.4) is 0 Å². The van der Waals surface area contributed by atoms with Gasteiger partial charge in [-0.2, -0.15) is 5.26 Å². The Balaban J connectivity index is 3.09. The number of nitriles is 1. The summed E-state index contributed by atoms with van der Waals surface area (Å²) in [5, 5.41) is 8.36. The summed E-state index contributed by atoms with van der Waals surface area (Å²) in [7, 11) is -2.64. The number of nitrogens with zero attached hydrogens (tertiary/aromatic N) is 1. The van der Waals surface area contributed by atoms with Gasteiger partial charge in [0.1, 0.15) is 0 Å². The molecule has 0 aliphatic rings. The first kappa shape index (κ1) is 14.2. The number of sulfonamides is 1. The van der Waals surface area contributed by atoms with Crippen molar-refractivity contribution in [3.8, 4) is 6.07 Å². The fraction of sp³-hybridized carbons (Fsp3) is 0.273. The van der Waals surface area contributed by atoms with Crippen molar-refractivity contribution in [2.24, 2.45) is 0 Å². The van der Waals surface area contributed by atoms with E-state index in [4.69, 9.17) is 5.26 Å². The maximum atomic E-state index is 11.9. The number of benzene rings is 1. The summed E-state index contributed by atoms with van der Waals surface area (Å²) in [6.45, 7) is -0.00561. The second kappa shape index (κ2) is 6.14. The minimum atomic E-state index is -3.82. The van der Waals surface area contributed by atoms with Crippen LogP contribution in [-0.2, 0) is 14.8 Å². The fourth-order valence-electron chi connectivity index (χ4n) is 1.30. The van der Waals surface area contributed by atoms with Crippen LogP contribution in [0.2, 0.25) is 0 Å². The third kappa shape index (κ3) is 3.29. The van der Waals surface area contributed by atoms with E-state index in [1.807, 2.05) is 6.07 Å². The van der Waals surface area contributed by atoms with Crippen LogP contribution in [0.1, 0.15) is 16.8 Å². The quantitative estimate of drug-likeness (QED) is 0.625. The molecular weight excluding hydrogens is 256 g/mol. The standard InChI is InChI=1S/C11H12N2O4S/c1-17-11(14)9-5-2-3-6-10(9)18(15,16)13-8-4-7-12/h2-3,5-6,13H,4,8H2,1H3. The molecule has 0 radical (unpaired) electrons. The Labute approximate surface area is 105 Å². The van der Waals surface area contributed by atoms with Gasteiger partial charge in [-0.25, -0.2) is 17.9 Å². The van der Waals surface area contributed by atoms with Crippen molar-refractivity contribution >= 4 is 16.0 Å². The highest BCUT2D eigenvalue weighted by Gasteiger charge is 2.21. The van der Waals surface area contributed by atoms with E-state index in [-0.39, 0.29) is 23.4 Å². The maximum absolute atomic E-state index is 11.9. The van der Waals surface area contributed by atoms with E-state index < -0.39 is 16.0 Å². The molecule has 0 unspecified atom stereocenters. The molecule has 0 heterocycles. The van der Waals surface area contributed by atoms with Crippen LogP contribution in [0.15, 0.2) is 29.2 Å². The Hall–Kier alpha value is -1.91. The van der Waals surface area contributed by atoms with Crippen molar-refractivity contribution in [1.29, 1.82) is 5.26 Å². The number of hydrogen-bond donors (Lipinski definition) is 1. The largest absolute Gasteiger partial charge is 0.465 e. The Morgan fingerprint density at radius 1 is 1.44 bits per heavy atom. The smallest absolute Gasteiger partial charge is 0.339 e. The van der Waals surface area contributed by atoms with Crippen LogP contribution in [0.25, 0.3) is 0 Å². The third-order valence-electron chi connectivity index (χ3n) is 2.11. The van der Waals surface area contributed by atoms with Crippen molar-refractivity contribution in [1.82, 2.24) is 4.72 Å². The first-order valence-electron chi connectivity index (χ1n) is 5.07. The molecule has 0 amide bonds. The molecule has 0 bridgehead atoms. The second-order valence-corrected chi connectivity index (χ2v) is 5.03. The van der Waals surface area contributed by atoms with Crippen LogP contribution in [0, 0.1) is 11.3 Å². The zero-order valence-corrected chi connectivity index (χ0v) is 10.5. The van der Waals surface area contributed by atoms with Crippen LogP contribution in [0.5, 0.6) is 0 Å². The summed E-state index contributed by atoms with van der Waals surface area (Å²) < 4.78 is 30.6. The molecule has 96 valence electrons. The van der Waals surface area contributed by atoms with E-state index in [0.717, 1.165) is 0 Å². The van der Waals surface area contributed by atoms with Gasteiger partial charge >= 0.3 is 5.97 Å². The number of rotatable bonds is 5. The monoisotopic (exact) mass is 268 g/mol. The SMILES string of the molecule is COC(=O)c1ccccc1S(=O)(=O)NCCC#N. The Morgan fingerprint density at radius 3 is 2.72 bits per heavy atom. The highest BCUT2D eigenvalue weighted by molar-refractivity contribution is 7.89. The van der Waals surface area contributed by atoms with Gasteiger partial charge in [-0.3, -0.25) is 0 Å². The van der Waals surface area contributed by atoms with Crippen LogP contribution in [0.4, 0.5) is 0 Å². The first-order valence-corrected chi connectivity index (χ1v) is 6.55. The molecule has 7 heteroatoms. The molecule has 6 nitrogen and oxygen atoms in total. The molecule has 1 aromatic carbocycles. The van der Waals surface area contributed by atoms with Gasteiger partial charge in [-0.15, -0.1) is 0 Å². The maximum Gasteiger partial charge on any atom is 0.339 e. The summed E-state index contributed by atoms with van der Waals surface area (Å²) in [6.07, 6.45) is 0.0552. The lowest BCUT2D eigenvalue weighted by Crippen LogP contribution is -2.26. The molecule has 1 N–H and O–H groups in total. The zero-order chi connectivity index (χ0) is 13.6. The number of carbonyl (C=O) groups excluding carboxylic acids is 1. The van der Waals surface area contributed by atoms with Gasteiger partial charge in [0.2, 0.25) is 10.0 Å². The molecule has 0 aromatic heterocycles.